The average molecular weight is 291 g/mol. The minimum absolute atomic E-state index is 0.0722. The van der Waals surface area contributed by atoms with Gasteiger partial charge in [0.1, 0.15) is 0 Å². The Kier molecular flexibility index (Phi) is 4.29. The van der Waals surface area contributed by atoms with E-state index in [1.165, 1.54) is 0 Å². The van der Waals surface area contributed by atoms with E-state index in [1.807, 2.05) is 0 Å². The van der Waals surface area contributed by atoms with Crippen LogP contribution in [0.25, 0.3) is 0 Å². The first-order valence-corrected chi connectivity index (χ1v) is 5.33. The molecule has 0 radical (unpaired) electrons. The SMILES string of the molecule is C=CC(=O)n1c(=O)n(C(=O)C=C)c(=O)n(C(=O)C=C)c1=O. The minimum Gasteiger partial charge on any atom is -0.269 e. The van der Waals surface area contributed by atoms with Crippen molar-refractivity contribution in [2.75, 3.05) is 0 Å². The van der Waals surface area contributed by atoms with Crippen LogP contribution in [-0.4, -0.2) is 31.4 Å². The number of rotatable bonds is 3. The Morgan fingerprint density at radius 1 is 0.619 bits per heavy atom. The molecule has 0 spiro atoms. The van der Waals surface area contributed by atoms with Gasteiger partial charge in [0, 0.05) is 0 Å². The van der Waals surface area contributed by atoms with Crippen LogP contribution in [0.4, 0.5) is 0 Å². The van der Waals surface area contributed by atoms with Crippen molar-refractivity contribution in [3.8, 4) is 0 Å². The summed E-state index contributed by atoms with van der Waals surface area (Å²) in [5.41, 5.74) is -4.56. The lowest BCUT2D eigenvalue weighted by atomic mass is 10.5. The smallest absolute Gasteiger partial charge is 0.269 e. The third-order valence-corrected chi connectivity index (χ3v) is 2.33. The van der Waals surface area contributed by atoms with Gasteiger partial charge in [-0.1, -0.05) is 19.7 Å². The fraction of sp³-hybridized carbons (Fsp3) is 0. The number of nitrogens with zero attached hydrogens (tertiary/aromatic N) is 3. The number of carbonyl (C=O) groups excluding carboxylic acids is 3. The average Bonchev–Trinajstić information content (AvgIpc) is 2.46. The third-order valence-electron chi connectivity index (χ3n) is 2.33. The predicted molar refractivity (Wildman–Crippen MR) is 71.7 cm³/mol. The molecule has 0 aliphatic heterocycles. The number of carbonyl (C=O) groups is 3. The second kappa shape index (κ2) is 5.74. The van der Waals surface area contributed by atoms with E-state index >= 15 is 0 Å². The Bertz CT molecular complexity index is 720. The van der Waals surface area contributed by atoms with Crippen LogP contribution in [-0.2, 0) is 0 Å². The lowest BCUT2D eigenvalue weighted by molar-refractivity contribution is 0.0909. The van der Waals surface area contributed by atoms with Gasteiger partial charge in [-0.3, -0.25) is 14.4 Å². The number of aromatic nitrogens is 3. The quantitative estimate of drug-likeness (QED) is 0.635. The summed E-state index contributed by atoms with van der Waals surface area (Å²) in [5, 5.41) is 0. The van der Waals surface area contributed by atoms with Gasteiger partial charge in [-0.15, -0.1) is 0 Å². The highest BCUT2D eigenvalue weighted by Crippen LogP contribution is 1.81. The molecule has 1 aromatic heterocycles. The molecule has 1 heterocycles. The van der Waals surface area contributed by atoms with Gasteiger partial charge in [0.25, 0.3) is 17.7 Å². The summed E-state index contributed by atoms with van der Waals surface area (Å²) in [7, 11) is 0. The Morgan fingerprint density at radius 2 is 0.810 bits per heavy atom. The lowest BCUT2D eigenvalue weighted by Crippen LogP contribution is -2.58. The maximum atomic E-state index is 11.9. The zero-order chi connectivity index (χ0) is 16.3. The molecule has 0 unspecified atom stereocenters. The summed E-state index contributed by atoms with van der Waals surface area (Å²) in [6.45, 7) is 9.23. The van der Waals surface area contributed by atoms with E-state index in [0.29, 0.717) is 18.2 Å². The fourth-order valence-corrected chi connectivity index (χ4v) is 1.38. The molecule has 21 heavy (non-hydrogen) atoms. The highest BCUT2D eigenvalue weighted by Gasteiger charge is 2.23. The highest BCUT2D eigenvalue weighted by molar-refractivity contribution is 5.93. The summed E-state index contributed by atoms with van der Waals surface area (Å²) < 4.78 is -0.217. The molecular formula is C12H9N3O6. The first-order valence-electron chi connectivity index (χ1n) is 5.33. The van der Waals surface area contributed by atoms with Crippen LogP contribution in [0.1, 0.15) is 14.4 Å². The minimum atomic E-state index is -1.52. The Balaban J connectivity index is 4.17. The second-order valence-corrected chi connectivity index (χ2v) is 3.48. The van der Waals surface area contributed by atoms with Crippen molar-refractivity contribution in [2.24, 2.45) is 0 Å². The standard InChI is InChI=1S/C12H9N3O6/c1-4-7(16)13-10(19)14(8(17)5-2)12(21)15(11(13)20)9(18)6-3/h4-6H,1-3H2. The van der Waals surface area contributed by atoms with Crippen molar-refractivity contribution in [1.82, 2.24) is 13.7 Å². The van der Waals surface area contributed by atoms with Crippen LogP contribution >= 0.6 is 0 Å². The maximum Gasteiger partial charge on any atom is 0.350 e. The summed E-state index contributed by atoms with van der Waals surface area (Å²) in [6, 6.07) is 0. The van der Waals surface area contributed by atoms with E-state index in [9.17, 15) is 28.8 Å². The zero-order valence-corrected chi connectivity index (χ0v) is 10.6. The summed E-state index contributed by atoms with van der Waals surface area (Å²) >= 11 is 0. The molecule has 0 saturated heterocycles. The normalized spacial score (nSPS) is 9.71. The van der Waals surface area contributed by atoms with E-state index in [0.717, 1.165) is 0 Å². The topological polar surface area (TPSA) is 117 Å². The van der Waals surface area contributed by atoms with Crippen molar-refractivity contribution in [3.63, 3.8) is 0 Å². The molecule has 1 rings (SSSR count). The Hall–Kier alpha value is -3.36. The molecule has 0 amide bonds. The molecule has 0 atom stereocenters. The summed E-state index contributed by atoms with van der Waals surface area (Å²) in [6.07, 6.45) is 1.83. The molecule has 0 bridgehead atoms. The Labute approximate surface area is 116 Å². The largest absolute Gasteiger partial charge is 0.350 e. The molecule has 0 fully saturated rings. The number of hydrogen-bond donors (Lipinski definition) is 0. The Morgan fingerprint density at radius 3 is 0.952 bits per heavy atom. The van der Waals surface area contributed by atoms with Crippen molar-refractivity contribution in [1.29, 1.82) is 0 Å². The molecule has 0 aromatic carbocycles. The molecule has 1 aromatic rings. The van der Waals surface area contributed by atoms with Crippen molar-refractivity contribution in [2.45, 2.75) is 0 Å². The first-order chi connectivity index (χ1) is 9.81. The maximum absolute atomic E-state index is 11.9. The second-order valence-electron chi connectivity index (χ2n) is 3.48. The van der Waals surface area contributed by atoms with Gasteiger partial charge >= 0.3 is 17.1 Å². The van der Waals surface area contributed by atoms with E-state index in [1.54, 1.807) is 0 Å². The summed E-state index contributed by atoms with van der Waals surface area (Å²) in [5.74, 6) is -3.62. The molecular weight excluding hydrogens is 282 g/mol. The van der Waals surface area contributed by atoms with E-state index in [2.05, 4.69) is 19.7 Å². The zero-order valence-electron chi connectivity index (χ0n) is 10.6. The molecule has 0 saturated carbocycles. The van der Waals surface area contributed by atoms with E-state index in [4.69, 9.17) is 0 Å². The van der Waals surface area contributed by atoms with Gasteiger partial charge in [0.05, 0.1) is 0 Å². The van der Waals surface area contributed by atoms with Crippen LogP contribution in [0, 0.1) is 0 Å². The van der Waals surface area contributed by atoms with E-state index in [-0.39, 0.29) is 13.7 Å². The van der Waals surface area contributed by atoms with Crippen molar-refractivity contribution < 1.29 is 14.4 Å². The van der Waals surface area contributed by atoms with Gasteiger partial charge in [-0.05, 0) is 18.2 Å². The summed E-state index contributed by atoms with van der Waals surface area (Å²) in [4.78, 5) is 70.3. The number of hydrogen-bond acceptors (Lipinski definition) is 6. The molecule has 108 valence electrons. The van der Waals surface area contributed by atoms with Crippen LogP contribution < -0.4 is 17.1 Å². The van der Waals surface area contributed by atoms with Crippen molar-refractivity contribution >= 4 is 17.7 Å². The van der Waals surface area contributed by atoms with Crippen LogP contribution in [0.2, 0.25) is 0 Å². The highest BCUT2D eigenvalue weighted by atomic mass is 16.2. The molecule has 9 nitrogen and oxygen atoms in total. The van der Waals surface area contributed by atoms with Crippen LogP contribution in [0.3, 0.4) is 0 Å². The van der Waals surface area contributed by atoms with Gasteiger partial charge in [0.2, 0.25) is 0 Å². The lowest BCUT2D eigenvalue weighted by Gasteiger charge is -2.07. The molecule has 0 aliphatic carbocycles. The van der Waals surface area contributed by atoms with Crippen LogP contribution in [0.5, 0.6) is 0 Å². The van der Waals surface area contributed by atoms with Gasteiger partial charge in [0.15, 0.2) is 0 Å². The van der Waals surface area contributed by atoms with Crippen molar-refractivity contribution in [3.05, 3.63) is 69.4 Å². The van der Waals surface area contributed by atoms with E-state index < -0.39 is 34.8 Å². The molecule has 0 N–H and O–H groups in total. The third kappa shape index (κ3) is 2.39. The molecule has 0 aliphatic rings. The van der Waals surface area contributed by atoms with Gasteiger partial charge in [-0.25, -0.2) is 14.4 Å². The molecule has 9 heteroatoms. The van der Waals surface area contributed by atoms with Gasteiger partial charge < -0.3 is 0 Å². The predicted octanol–water partition coefficient (Wildman–Crippen LogP) is -1.35. The monoisotopic (exact) mass is 291 g/mol. The van der Waals surface area contributed by atoms with Gasteiger partial charge in [-0.2, -0.15) is 13.7 Å². The fourth-order valence-electron chi connectivity index (χ4n) is 1.38. The first kappa shape index (κ1) is 15.7. The van der Waals surface area contributed by atoms with Crippen LogP contribution in [0.15, 0.2) is 52.3 Å². The number of allylic oxidation sites excluding steroid dienone is 3.